The van der Waals surface area contributed by atoms with Gasteiger partial charge in [-0.15, -0.1) is 0 Å². The van der Waals surface area contributed by atoms with Crippen molar-refractivity contribution in [3.63, 3.8) is 0 Å². The van der Waals surface area contributed by atoms with Crippen LogP contribution >= 0.6 is 0 Å². The van der Waals surface area contributed by atoms with Gasteiger partial charge in [-0.2, -0.15) is 0 Å². The van der Waals surface area contributed by atoms with Crippen molar-refractivity contribution < 1.29 is 19.5 Å². The summed E-state index contributed by atoms with van der Waals surface area (Å²) in [5.74, 6) is -0.145. The van der Waals surface area contributed by atoms with E-state index in [1.807, 2.05) is 18.2 Å². The van der Waals surface area contributed by atoms with Gasteiger partial charge in [0.2, 0.25) is 5.91 Å². The molecule has 8 heteroatoms. The fourth-order valence-electron chi connectivity index (χ4n) is 3.57. The van der Waals surface area contributed by atoms with Crippen molar-refractivity contribution in [2.75, 3.05) is 18.9 Å². The first-order valence-corrected chi connectivity index (χ1v) is 11.6. The molecule has 0 heterocycles. The van der Waals surface area contributed by atoms with E-state index in [4.69, 9.17) is 10.8 Å². The van der Waals surface area contributed by atoms with Gasteiger partial charge in [0.1, 0.15) is 6.29 Å². The zero-order valence-electron chi connectivity index (χ0n) is 20.0. The molecule has 0 unspecified atom stereocenters. The van der Waals surface area contributed by atoms with Crippen LogP contribution in [-0.2, 0) is 22.6 Å². The van der Waals surface area contributed by atoms with Gasteiger partial charge in [-0.3, -0.25) is 4.79 Å². The topological polar surface area (TPSA) is 134 Å². The summed E-state index contributed by atoms with van der Waals surface area (Å²) in [5.41, 5.74) is 7.69. The first-order chi connectivity index (χ1) is 17.0. The highest BCUT2D eigenvalue weighted by molar-refractivity contribution is 5.94. The number of hydrogen-bond acceptors (Lipinski definition) is 5. The number of nitrogens with one attached hydrogen (secondary N) is 3. The third kappa shape index (κ3) is 9.56. The third-order valence-corrected chi connectivity index (χ3v) is 5.45. The Hall–Kier alpha value is -3.75. The molecule has 3 rings (SSSR count). The smallest absolute Gasteiger partial charge is 0.312 e. The molecule has 0 fully saturated rings. The summed E-state index contributed by atoms with van der Waals surface area (Å²) in [6.07, 6.45) is 3.64. The molecule has 0 aliphatic carbocycles. The van der Waals surface area contributed by atoms with E-state index in [1.54, 1.807) is 31.3 Å². The summed E-state index contributed by atoms with van der Waals surface area (Å²) in [5, 5.41) is 19.7. The Morgan fingerprint density at radius 2 is 1.74 bits per heavy atom. The summed E-state index contributed by atoms with van der Waals surface area (Å²) in [6, 6.07) is 20.6. The minimum absolute atomic E-state index is 0.0275. The van der Waals surface area contributed by atoms with Gasteiger partial charge in [0.05, 0.1) is 12.6 Å². The number of anilines is 1. The molecule has 3 aromatic rings. The zero-order chi connectivity index (χ0) is 25.5. The number of amides is 3. The number of urea groups is 1. The number of rotatable bonds is 11. The second-order valence-electron chi connectivity index (χ2n) is 7.96. The van der Waals surface area contributed by atoms with Gasteiger partial charge in [0, 0.05) is 18.7 Å². The molecule has 3 amide bonds. The van der Waals surface area contributed by atoms with Crippen LogP contribution in [0.15, 0.2) is 66.7 Å². The molecule has 0 aliphatic rings. The Morgan fingerprint density at radius 1 is 1.03 bits per heavy atom. The molecule has 6 N–H and O–H groups in total. The first-order valence-electron chi connectivity index (χ1n) is 11.6. The van der Waals surface area contributed by atoms with E-state index < -0.39 is 6.03 Å². The summed E-state index contributed by atoms with van der Waals surface area (Å²) >= 11 is 0. The maximum Gasteiger partial charge on any atom is 0.312 e. The lowest BCUT2D eigenvalue weighted by molar-refractivity contribution is -0.118. The number of likely N-dealkylation sites (N-methyl/N-ethyl adjacent to an activating group) is 1. The number of benzene rings is 3. The maximum atomic E-state index is 12.1. The summed E-state index contributed by atoms with van der Waals surface area (Å²) in [7, 11) is 1.71. The van der Waals surface area contributed by atoms with Crippen molar-refractivity contribution in [3.05, 3.63) is 77.9 Å². The predicted molar refractivity (Wildman–Crippen MR) is 139 cm³/mol. The van der Waals surface area contributed by atoms with Crippen LogP contribution in [0.5, 0.6) is 0 Å². The van der Waals surface area contributed by atoms with E-state index >= 15 is 0 Å². The molecule has 0 spiro atoms. The SMILES string of the molecule is CN[C@@H](CCCNC(N)=O)C(=O)Nc1ccc(CO)cc1.O=CCCc1cccc2ccccc12. The van der Waals surface area contributed by atoms with E-state index in [9.17, 15) is 14.4 Å². The van der Waals surface area contributed by atoms with E-state index in [1.165, 1.54) is 16.3 Å². The molecule has 0 saturated carbocycles. The second-order valence-corrected chi connectivity index (χ2v) is 7.96. The number of aldehydes is 1. The zero-order valence-corrected chi connectivity index (χ0v) is 20.0. The molecular formula is C27H34N4O4. The molecule has 0 aromatic heterocycles. The van der Waals surface area contributed by atoms with Crippen LogP contribution in [0, 0.1) is 0 Å². The van der Waals surface area contributed by atoms with Gasteiger partial charge < -0.3 is 31.6 Å². The van der Waals surface area contributed by atoms with Gasteiger partial charge in [-0.1, -0.05) is 54.6 Å². The maximum absolute atomic E-state index is 12.1. The van der Waals surface area contributed by atoms with E-state index in [2.05, 4.69) is 40.2 Å². The molecule has 0 bridgehead atoms. The van der Waals surface area contributed by atoms with Crippen LogP contribution in [0.1, 0.15) is 30.4 Å². The number of carbonyl (C=O) groups excluding carboxylic acids is 3. The number of aliphatic hydroxyl groups excluding tert-OH is 1. The number of primary amides is 1. The van der Waals surface area contributed by atoms with Crippen molar-refractivity contribution in [1.29, 1.82) is 0 Å². The lowest BCUT2D eigenvalue weighted by atomic mass is 10.0. The van der Waals surface area contributed by atoms with Gasteiger partial charge in [0.25, 0.3) is 0 Å². The van der Waals surface area contributed by atoms with Crippen LogP contribution < -0.4 is 21.7 Å². The Balaban J connectivity index is 0.000000266. The average Bonchev–Trinajstić information content (AvgIpc) is 2.88. The van der Waals surface area contributed by atoms with Crippen LogP contribution in [0.4, 0.5) is 10.5 Å². The van der Waals surface area contributed by atoms with Crippen molar-refractivity contribution in [1.82, 2.24) is 10.6 Å². The number of nitrogens with two attached hydrogens (primary N) is 1. The first kappa shape index (κ1) is 27.5. The quantitative estimate of drug-likeness (QED) is 0.213. The van der Waals surface area contributed by atoms with Crippen molar-refractivity contribution in [3.8, 4) is 0 Å². The Kier molecular flexibility index (Phi) is 11.9. The molecule has 3 aromatic carbocycles. The highest BCUT2D eigenvalue weighted by Gasteiger charge is 2.16. The number of aliphatic hydroxyl groups is 1. The Morgan fingerprint density at radius 3 is 2.40 bits per heavy atom. The monoisotopic (exact) mass is 478 g/mol. The summed E-state index contributed by atoms with van der Waals surface area (Å²) in [4.78, 5) is 32.9. The van der Waals surface area contributed by atoms with Crippen molar-refractivity contribution in [2.24, 2.45) is 5.73 Å². The molecule has 35 heavy (non-hydrogen) atoms. The lowest BCUT2D eigenvalue weighted by Crippen LogP contribution is -2.39. The number of aryl methyl sites for hydroxylation is 1. The van der Waals surface area contributed by atoms with Gasteiger partial charge >= 0.3 is 6.03 Å². The Bertz CT molecular complexity index is 1080. The molecular weight excluding hydrogens is 444 g/mol. The minimum atomic E-state index is -0.565. The molecule has 0 saturated heterocycles. The van der Waals surface area contributed by atoms with Crippen molar-refractivity contribution >= 4 is 34.7 Å². The van der Waals surface area contributed by atoms with Crippen LogP contribution in [-0.4, -0.2) is 43.0 Å². The van der Waals surface area contributed by atoms with Gasteiger partial charge in [0.15, 0.2) is 0 Å². The minimum Gasteiger partial charge on any atom is -0.392 e. The second kappa shape index (κ2) is 15.2. The van der Waals surface area contributed by atoms with Crippen LogP contribution in [0.3, 0.4) is 0 Å². The normalized spacial score (nSPS) is 11.1. The fourth-order valence-corrected chi connectivity index (χ4v) is 3.57. The number of fused-ring (bicyclic) bond motifs is 1. The molecule has 0 aliphatic heterocycles. The summed E-state index contributed by atoms with van der Waals surface area (Å²) < 4.78 is 0. The number of hydrogen-bond donors (Lipinski definition) is 5. The molecule has 0 radical (unpaired) electrons. The highest BCUT2D eigenvalue weighted by atomic mass is 16.3. The van der Waals surface area contributed by atoms with E-state index in [0.29, 0.717) is 31.5 Å². The number of carbonyl (C=O) groups is 3. The molecule has 8 nitrogen and oxygen atoms in total. The van der Waals surface area contributed by atoms with Crippen molar-refractivity contribution in [2.45, 2.75) is 38.3 Å². The predicted octanol–water partition coefficient (Wildman–Crippen LogP) is 3.13. The molecule has 186 valence electrons. The lowest BCUT2D eigenvalue weighted by Gasteiger charge is -2.16. The Labute approximate surface area is 205 Å². The van der Waals surface area contributed by atoms with E-state index in [0.717, 1.165) is 18.3 Å². The highest BCUT2D eigenvalue weighted by Crippen LogP contribution is 2.19. The average molecular weight is 479 g/mol. The standard InChI is InChI=1S/C14H22N4O3.C13H12O/c1-16-12(3-2-8-17-14(15)21)13(20)18-11-6-4-10(9-19)5-7-11;14-10-4-8-12-7-3-6-11-5-1-2-9-13(11)12/h4-7,12,16,19H,2-3,8-9H2,1H3,(H,18,20)(H3,15,17,21);1-3,5-7,9-10H,4,8H2/t12-;/m0./s1. The largest absolute Gasteiger partial charge is 0.392 e. The van der Waals surface area contributed by atoms with Gasteiger partial charge in [-0.05, 0) is 60.3 Å². The van der Waals surface area contributed by atoms with Crippen LogP contribution in [0.25, 0.3) is 10.8 Å². The third-order valence-electron chi connectivity index (χ3n) is 5.45. The molecule has 1 atom stereocenters. The van der Waals surface area contributed by atoms with E-state index in [-0.39, 0.29) is 18.6 Å². The van der Waals surface area contributed by atoms with Gasteiger partial charge in [-0.25, -0.2) is 4.79 Å². The van der Waals surface area contributed by atoms with Crippen LogP contribution in [0.2, 0.25) is 0 Å². The summed E-state index contributed by atoms with van der Waals surface area (Å²) in [6.45, 7) is 0.409. The fraction of sp³-hybridized carbons (Fsp3) is 0.296.